The summed E-state index contributed by atoms with van der Waals surface area (Å²) < 4.78 is 0. The van der Waals surface area contributed by atoms with Gasteiger partial charge in [0.15, 0.2) is 0 Å². The minimum absolute atomic E-state index is 0.230. The Bertz CT molecular complexity index is 423. The molecule has 0 radical (unpaired) electrons. The van der Waals surface area contributed by atoms with E-state index in [4.69, 9.17) is 10.4 Å². The lowest BCUT2D eigenvalue weighted by Crippen LogP contribution is -2.29. The van der Waals surface area contributed by atoms with Crippen molar-refractivity contribution in [3.8, 4) is 6.07 Å². The average molecular weight is 218 g/mol. The zero-order valence-corrected chi connectivity index (χ0v) is 9.27. The predicted octanol–water partition coefficient (Wildman–Crippen LogP) is 2.08. The van der Waals surface area contributed by atoms with Crippen LogP contribution in [0, 0.1) is 17.2 Å². The number of carboxylic acids is 1. The van der Waals surface area contributed by atoms with Gasteiger partial charge in [-0.15, -0.1) is 0 Å². The Morgan fingerprint density at radius 1 is 1.44 bits per heavy atom. The number of hydrogen-bond acceptors (Lipinski definition) is 3. The number of nitrogens with zero attached hydrogens (tertiary/aromatic N) is 1. The van der Waals surface area contributed by atoms with Crippen LogP contribution in [-0.2, 0) is 4.79 Å². The van der Waals surface area contributed by atoms with Crippen molar-refractivity contribution < 1.29 is 9.90 Å². The maximum absolute atomic E-state index is 10.8. The molecule has 16 heavy (non-hydrogen) atoms. The lowest BCUT2D eigenvalue weighted by Gasteiger charge is -2.19. The summed E-state index contributed by atoms with van der Waals surface area (Å²) in [4.78, 5) is 10.8. The Labute approximate surface area is 94.5 Å². The summed E-state index contributed by atoms with van der Waals surface area (Å²) >= 11 is 0. The first-order valence-electron chi connectivity index (χ1n) is 5.04. The second-order valence-electron chi connectivity index (χ2n) is 3.72. The Balaban J connectivity index is 2.81. The molecule has 4 heteroatoms. The van der Waals surface area contributed by atoms with E-state index in [2.05, 4.69) is 11.4 Å². The molecule has 0 bridgehead atoms. The highest BCUT2D eigenvalue weighted by atomic mass is 16.4. The van der Waals surface area contributed by atoms with E-state index in [-0.39, 0.29) is 6.04 Å². The van der Waals surface area contributed by atoms with Crippen molar-refractivity contribution in [3.63, 3.8) is 0 Å². The van der Waals surface area contributed by atoms with Gasteiger partial charge in [-0.25, -0.2) is 0 Å². The van der Waals surface area contributed by atoms with E-state index in [1.807, 2.05) is 0 Å². The van der Waals surface area contributed by atoms with Gasteiger partial charge in [0.25, 0.3) is 0 Å². The second kappa shape index (κ2) is 5.17. The highest BCUT2D eigenvalue weighted by Gasteiger charge is 2.19. The fourth-order valence-corrected chi connectivity index (χ4v) is 1.29. The van der Waals surface area contributed by atoms with Crippen molar-refractivity contribution in [2.75, 3.05) is 5.32 Å². The topological polar surface area (TPSA) is 73.1 Å². The van der Waals surface area contributed by atoms with Gasteiger partial charge in [0.05, 0.1) is 17.2 Å². The van der Waals surface area contributed by atoms with Gasteiger partial charge in [0.1, 0.15) is 6.07 Å². The fraction of sp³-hybridized carbons (Fsp3) is 0.333. The summed E-state index contributed by atoms with van der Waals surface area (Å²) in [5, 5.41) is 20.8. The zero-order valence-electron chi connectivity index (χ0n) is 9.27. The molecular weight excluding hydrogens is 204 g/mol. The van der Waals surface area contributed by atoms with Crippen molar-refractivity contribution in [3.05, 3.63) is 29.8 Å². The third-order valence-corrected chi connectivity index (χ3v) is 2.57. The molecule has 2 N–H and O–H groups in total. The van der Waals surface area contributed by atoms with Gasteiger partial charge >= 0.3 is 5.97 Å². The Morgan fingerprint density at radius 3 is 2.62 bits per heavy atom. The van der Waals surface area contributed by atoms with Crippen LogP contribution in [0.15, 0.2) is 24.3 Å². The van der Waals surface area contributed by atoms with E-state index in [1.54, 1.807) is 38.1 Å². The van der Waals surface area contributed by atoms with E-state index < -0.39 is 11.9 Å². The smallest absolute Gasteiger partial charge is 0.308 e. The molecule has 1 aromatic carbocycles. The zero-order chi connectivity index (χ0) is 12.1. The maximum atomic E-state index is 10.8. The van der Waals surface area contributed by atoms with Crippen LogP contribution in [0.5, 0.6) is 0 Å². The van der Waals surface area contributed by atoms with Gasteiger partial charge in [0, 0.05) is 6.04 Å². The first-order chi connectivity index (χ1) is 7.56. The molecule has 0 amide bonds. The highest BCUT2D eigenvalue weighted by molar-refractivity contribution is 5.71. The van der Waals surface area contributed by atoms with Crippen molar-refractivity contribution in [2.24, 2.45) is 5.92 Å². The van der Waals surface area contributed by atoms with Gasteiger partial charge in [-0.2, -0.15) is 5.26 Å². The summed E-state index contributed by atoms with van der Waals surface area (Å²) in [6.07, 6.45) is 0. The van der Waals surface area contributed by atoms with E-state index >= 15 is 0 Å². The first kappa shape index (κ1) is 12.1. The van der Waals surface area contributed by atoms with Crippen LogP contribution in [0.4, 0.5) is 5.69 Å². The summed E-state index contributed by atoms with van der Waals surface area (Å²) in [6.45, 7) is 3.42. The number of benzene rings is 1. The number of anilines is 1. The van der Waals surface area contributed by atoms with Crippen LogP contribution in [0.2, 0.25) is 0 Å². The van der Waals surface area contributed by atoms with Crippen LogP contribution in [0.1, 0.15) is 19.4 Å². The number of para-hydroxylation sites is 1. The Morgan fingerprint density at radius 2 is 2.06 bits per heavy atom. The molecule has 84 valence electrons. The molecule has 0 heterocycles. The van der Waals surface area contributed by atoms with Gasteiger partial charge in [0.2, 0.25) is 0 Å². The first-order valence-corrected chi connectivity index (χ1v) is 5.04. The van der Waals surface area contributed by atoms with E-state index in [9.17, 15) is 4.79 Å². The molecule has 0 aromatic heterocycles. The second-order valence-corrected chi connectivity index (χ2v) is 3.72. The van der Waals surface area contributed by atoms with E-state index in [0.29, 0.717) is 11.3 Å². The van der Waals surface area contributed by atoms with Crippen LogP contribution >= 0.6 is 0 Å². The molecule has 1 rings (SSSR count). The Kier molecular flexibility index (Phi) is 3.90. The number of rotatable bonds is 4. The predicted molar refractivity (Wildman–Crippen MR) is 61.0 cm³/mol. The van der Waals surface area contributed by atoms with E-state index in [1.165, 1.54) is 0 Å². The van der Waals surface area contributed by atoms with Crippen LogP contribution in [0.25, 0.3) is 0 Å². The molecule has 0 saturated carbocycles. The average Bonchev–Trinajstić information content (AvgIpc) is 2.28. The quantitative estimate of drug-likeness (QED) is 0.811. The maximum Gasteiger partial charge on any atom is 0.308 e. The van der Waals surface area contributed by atoms with Crippen LogP contribution in [-0.4, -0.2) is 17.1 Å². The van der Waals surface area contributed by atoms with Gasteiger partial charge < -0.3 is 10.4 Å². The monoisotopic (exact) mass is 218 g/mol. The number of carbonyl (C=O) groups is 1. The van der Waals surface area contributed by atoms with Gasteiger partial charge in [-0.3, -0.25) is 4.79 Å². The summed E-state index contributed by atoms with van der Waals surface area (Å²) in [6, 6.07) is 8.87. The molecule has 0 aliphatic rings. The lowest BCUT2D eigenvalue weighted by atomic mass is 10.0. The molecule has 0 spiro atoms. The number of carboxylic acid groups (broad SMARTS) is 1. The molecule has 2 atom stereocenters. The third-order valence-electron chi connectivity index (χ3n) is 2.57. The molecule has 1 aromatic rings. The van der Waals surface area contributed by atoms with Gasteiger partial charge in [-0.1, -0.05) is 12.1 Å². The molecule has 4 nitrogen and oxygen atoms in total. The number of nitriles is 1. The van der Waals surface area contributed by atoms with Crippen LogP contribution < -0.4 is 5.32 Å². The number of aliphatic carboxylic acids is 1. The number of hydrogen-bond donors (Lipinski definition) is 2. The largest absolute Gasteiger partial charge is 0.481 e. The van der Waals surface area contributed by atoms with Crippen molar-refractivity contribution in [2.45, 2.75) is 19.9 Å². The Hall–Kier alpha value is -2.02. The van der Waals surface area contributed by atoms with E-state index in [0.717, 1.165) is 0 Å². The third kappa shape index (κ3) is 2.74. The van der Waals surface area contributed by atoms with Crippen molar-refractivity contribution in [1.29, 1.82) is 5.26 Å². The molecule has 0 saturated heterocycles. The summed E-state index contributed by atoms with van der Waals surface area (Å²) in [5.74, 6) is -1.36. The minimum atomic E-state index is -0.852. The SMILES string of the molecule is CC(Nc1ccccc1C#N)C(C)C(=O)O. The van der Waals surface area contributed by atoms with Crippen LogP contribution in [0.3, 0.4) is 0 Å². The molecule has 2 unspecified atom stereocenters. The molecule has 0 fully saturated rings. The number of nitrogens with one attached hydrogen (secondary N) is 1. The molecule has 0 aliphatic carbocycles. The minimum Gasteiger partial charge on any atom is -0.481 e. The summed E-state index contributed by atoms with van der Waals surface area (Å²) in [5.41, 5.74) is 1.19. The fourth-order valence-electron chi connectivity index (χ4n) is 1.29. The highest BCUT2D eigenvalue weighted by Crippen LogP contribution is 2.17. The van der Waals surface area contributed by atoms with Gasteiger partial charge in [-0.05, 0) is 26.0 Å². The molecular formula is C12H14N2O2. The molecule has 0 aliphatic heterocycles. The van der Waals surface area contributed by atoms with Crippen molar-refractivity contribution in [1.82, 2.24) is 0 Å². The van der Waals surface area contributed by atoms with Crippen molar-refractivity contribution >= 4 is 11.7 Å². The standard InChI is InChI=1S/C12H14N2O2/c1-8(12(15)16)9(2)14-11-6-4-3-5-10(11)7-13/h3-6,8-9,14H,1-2H3,(H,15,16). The lowest BCUT2D eigenvalue weighted by molar-refractivity contribution is -0.141. The normalized spacial score (nSPS) is 13.6. The summed E-state index contributed by atoms with van der Waals surface area (Å²) in [7, 11) is 0.